The van der Waals surface area contributed by atoms with E-state index in [0.717, 1.165) is 6.42 Å². The van der Waals surface area contributed by atoms with Crippen molar-refractivity contribution < 1.29 is 9.90 Å². The minimum Gasteiger partial charge on any atom is -0.481 e. The van der Waals surface area contributed by atoms with E-state index in [-0.39, 0.29) is 0 Å². The average Bonchev–Trinajstić information content (AvgIpc) is 2.03. The highest BCUT2D eigenvalue weighted by atomic mass is 16.4. The quantitative estimate of drug-likeness (QED) is 0.659. The molecule has 5 heteroatoms. The van der Waals surface area contributed by atoms with E-state index in [9.17, 15) is 4.79 Å². The zero-order chi connectivity index (χ0) is 11.0. The minimum absolute atomic E-state index is 0.292. The minimum atomic E-state index is -0.711. The van der Waals surface area contributed by atoms with E-state index in [1.165, 1.54) is 0 Å². The van der Waals surface area contributed by atoms with E-state index in [4.69, 9.17) is 16.6 Å². The molecule has 5 nitrogen and oxygen atoms in total. The summed E-state index contributed by atoms with van der Waals surface area (Å²) in [6, 6.07) is 5.14. The largest absolute Gasteiger partial charge is 0.481 e. The second kappa shape index (κ2) is 6.71. The van der Waals surface area contributed by atoms with Crippen molar-refractivity contribution in [1.82, 2.24) is 4.98 Å². The van der Waals surface area contributed by atoms with E-state index in [1.54, 1.807) is 18.2 Å². The van der Waals surface area contributed by atoms with Gasteiger partial charge in [-0.05, 0) is 18.6 Å². The third kappa shape index (κ3) is 6.90. The topological polar surface area (TPSA) is 102 Å². The van der Waals surface area contributed by atoms with Crippen LogP contribution in [0.2, 0.25) is 0 Å². The number of hydrogen-bond acceptors (Lipinski definition) is 4. The first-order valence-electron chi connectivity index (χ1n) is 4.26. The molecule has 0 saturated carbocycles. The fourth-order valence-electron chi connectivity index (χ4n) is 0.683. The van der Waals surface area contributed by atoms with Crippen molar-refractivity contribution in [3.63, 3.8) is 0 Å². The van der Waals surface area contributed by atoms with Crippen molar-refractivity contribution in [2.45, 2.75) is 19.8 Å². The molecule has 0 aliphatic carbocycles. The van der Waals surface area contributed by atoms with E-state index >= 15 is 0 Å². The Balaban J connectivity index is 0.000000255. The Bertz CT molecular complexity index is 272. The van der Waals surface area contributed by atoms with Crippen LogP contribution in [0.3, 0.4) is 0 Å². The van der Waals surface area contributed by atoms with Gasteiger partial charge in [-0.2, -0.15) is 0 Å². The molecule has 0 aliphatic rings. The van der Waals surface area contributed by atoms with Gasteiger partial charge in [0.1, 0.15) is 11.6 Å². The molecule has 1 rings (SSSR count). The molecule has 1 aromatic heterocycles. The van der Waals surface area contributed by atoms with Crippen molar-refractivity contribution in [2.75, 3.05) is 11.5 Å². The van der Waals surface area contributed by atoms with Crippen LogP contribution >= 0.6 is 0 Å². The second-order valence-electron chi connectivity index (χ2n) is 2.63. The Kier molecular flexibility index (Phi) is 5.85. The Morgan fingerprint density at radius 3 is 2.07 bits per heavy atom. The first kappa shape index (κ1) is 12.2. The molecule has 0 unspecified atom stereocenters. The van der Waals surface area contributed by atoms with Crippen LogP contribution in [0.5, 0.6) is 0 Å². The number of hydrogen-bond donors (Lipinski definition) is 3. The number of aromatic nitrogens is 1. The molecule has 0 bridgehead atoms. The summed E-state index contributed by atoms with van der Waals surface area (Å²) in [7, 11) is 0. The molecule has 1 aromatic rings. The Morgan fingerprint density at radius 1 is 1.43 bits per heavy atom. The number of rotatable bonds is 2. The number of nitrogens with zero attached hydrogens (tertiary/aromatic N) is 1. The molecule has 5 N–H and O–H groups in total. The van der Waals surface area contributed by atoms with Crippen LogP contribution in [0.25, 0.3) is 0 Å². The Hall–Kier alpha value is -1.78. The van der Waals surface area contributed by atoms with Gasteiger partial charge in [-0.1, -0.05) is 13.0 Å². The number of carboxylic acid groups (broad SMARTS) is 1. The highest BCUT2D eigenvalue weighted by Crippen LogP contribution is 1.99. The summed E-state index contributed by atoms with van der Waals surface area (Å²) in [6.07, 6.45) is 1.02. The number of carboxylic acids is 1. The molecule has 78 valence electrons. The number of nitrogen functional groups attached to an aromatic ring is 2. The molecule has 0 amide bonds. The molecule has 0 saturated heterocycles. The van der Waals surface area contributed by atoms with Gasteiger partial charge in [0.05, 0.1) is 0 Å². The van der Waals surface area contributed by atoms with Gasteiger partial charge in [0.25, 0.3) is 0 Å². The zero-order valence-electron chi connectivity index (χ0n) is 8.10. The molecular formula is C9H15N3O2. The number of pyridine rings is 1. The lowest BCUT2D eigenvalue weighted by Crippen LogP contribution is -1.93. The van der Waals surface area contributed by atoms with Gasteiger partial charge in [-0.25, -0.2) is 4.98 Å². The number of carbonyl (C=O) groups is 1. The maximum absolute atomic E-state index is 9.60. The lowest BCUT2D eigenvalue weighted by Gasteiger charge is -1.90. The number of anilines is 2. The summed E-state index contributed by atoms with van der Waals surface area (Å²) in [5, 5.41) is 7.91. The zero-order valence-corrected chi connectivity index (χ0v) is 8.10. The SMILES string of the molecule is CCCC(=O)O.Nc1cccc(N)n1. The van der Waals surface area contributed by atoms with E-state index in [2.05, 4.69) is 4.98 Å². The van der Waals surface area contributed by atoms with Crippen LogP contribution in [0.15, 0.2) is 18.2 Å². The van der Waals surface area contributed by atoms with Gasteiger partial charge < -0.3 is 16.6 Å². The number of aliphatic carboxylic acids is 1. The highest BCUT2D eigenvalue weighted by molar-refractivity contribution is 5.66. The van der Waals surface area contributed by atoms with Gasteiger partial charge in [0.2, 0.25) is 0 Å². The average molecular weight is 197 g/mol. The fraction of sp³-hybridized carbons (Fsp3) is 0.333. The van der Waals surface area contributed by atoms with E-state index < -0.39 is 5.97 Å². The van der Waals surface area contributed by atoms with Crippen LogP contribution in [0.4, 0.5) is 11.6 Å². The smallest absolute Gasteiger partial charge is 0.303 e. The molecule has 0 atom stereocenters. The first-order valence-corrected chi connectivity index (χ1v) is 4.26. The monoisotopic (exact) mass is 197 g/mol. The van der Waals surface area contributed by atoms with E-state index in [1.807, 2.05) is 6.92 Å². The van der Waals surface area contributed by atoms with Gasteiger partial charge in [-0.3, -0.25) is 4.79 Å². The third-order valence-electron chi connectivity index (χ3n) is 1.26. The second-order valence-corrected chi connectivity index (χ2v) is 2.63. The maximum Gasteiger partial charge on any atom is 0.303 e. The van der Waals surface area contributed by atoms with Crippen LogP contribution < -0.4 is 11.5 Å². The normalized spacial score (nSPS) is 8.64. The van der Waals surface area contributed by atoms with Gasteiger partial charge in [0, 0.05) is 6.42 Å². The van der Waals surface area contributed by atoms with Crippen LogP contribution in [0, 0.1) is 0 Å². The summed E-state index contributed by atoms with van der Waals surface area (Å²) in [4.78, 5) is 13.3. The first-order chi connectivity index (χ1) is 6.56. The Morgan fingerprint density at radius 2 is 1.93 bits per heavy atom. The fourth-order valence-corrected chi connectivity index (χ4v) is 0.683. The molecular weight excluding hydrogens is 182 g/mol. The lowest BCUT2D eigenvalue weighted by atomic mass is 10.4. The van der Waals surface area contributed by atoms with Crippen LogP contribution in [-0.4, -0.2) is 16.1 Å². The summed E-state index contributed by atoms with van der Waals surface area (Å²) < 4.78 is 0. The molecule has 0 spiro atoms. The van der Waals surface area contributed by atoms with E-state index in [0.29, 0.717) is 18.1 Å². The number of nitrogens with two attached hydrogens (primary N) is 2. The van der Waals surface area contributed by atoms with Crippen molar-refractivity contribution in [3.05, 3.63) is 18.2 Å². The van der Waals surface area contributed by atoms with Crippen molar-refractivity contribution >= 4 is 17.6 Å². The van der Waals surface area contributed by atoms with Crippen molar-refractivity contribution in [2.24, 2.45) is 0 Å². The molecule has 1 heterocycles. The summed E-state index contributed by atoms with van der Waals surface area (Å²) in [5.41, 5.74) is 10.5. The van der Waals surface area contributed by atoms with Crippen molar-refractivity contribution in [1.29, 1.82) is 0 Å². The Labute approximate surface area is 82.8 Å². The van der Waals surface area contributed by atoms with Gasteiger partial charge >= 0.3 is 5.97 Å². The molecule has 0 radical (unpaired) electrons. The van der Waals surface area contributed by atoms with Gasteiger partial charge in [-0.15, -0.1) is 0 Å². The molecule has 14 heavy (non-hydrogen) atoms. The predicted molar refractivity (Wildman–Crippen MR) is 55.6 cm³/mol. The van der Waals surface area contributed by atoms with Gasteiger partial charge in [0.15, 0.2) is 0 Å². The van der Waals surface area contributed by atoms with Crippen LogP contribution in [0.1, 0.15) is 19.8 Å². The highest BCUT2D eigenvalue weighted by Gasteiger charge is 1.87. The van der Waals surface area contributed by atoms with Crippen molar-refractivity contribution in [3.8, 4) is 0 Å². The lowest BCUT2D eigenvalue weighted by molar-refractivity contribution is -0.137. The summed E-state index contributed by atoms with van der Waals surface area (Å²) >= 11 is 0. The molecule has 0 aromatic carbocycles. The standard InChI is InChI=1S/C5H7N3.C4H8O2/c6-4-2-1-3-5(7)8-4;1-2-3-4(5)6/h1-3H,(H4,6,7,8);2-3H2,1H3,(H,5,6). The molecule has 0 aliphatic heterocycles. The summed E-state index contributed by atoms with van der Waals surface area (Å²) in [5.74, 6) is 0.215. The third-order valence-corrected chi connectivity index (χ3v) is 1.26. The predicted octanol–water partition coefficient (Wildman–Crippen LogP) is 1.12. The van der Waals surface area contributed by atoms with Crippen LogP contribution in [-0.2, 0) is 4.79 Å². The summed E-state index contributed by atoms with van der Waals surface area (Å²) in [6.45, 7) is 1.84. The maximum atomic E-state index is 9.60. The molecule has 0 fully saturated rings.